The molecule has 0 aliphatic heterocycles. The first kappa shape index (κ1) is 13.9. The van der Waals surface area contributed by atoms with Gasteiger partial charge in [-0.15, -0.1) is 0 Å². The van der Waals surface area contributed by atoms with Crippen LogP contribution < -0.4 is 4.72 Å². The minimum absolute atomic E-state index is 0.525. The largest absolute Gasteiger partial charge is 0.320 e. The number of benzene rings is 1. The maximum atomic E-state index is 11.6. The molecule has 94 valence electrons. The molecule has 0 saturated carbocycles. The monoisotopic (exact) mass is 254 g/mol. The molecule has 0 saturated heterocycles. The van der Waals surface area contributed by atoms with E-state index in [1.54, 1.807) is 20.8 Å². The first-order valence-electron chi connectivity index (χ1n) is 5.34. The molecule has 1 rings (SSSR count). The predicted octanol–water partition coefficient (Wildman–Crippen LogP) is 2.05. The van der Waals surface area contributed by atoms with Crippen LogP contribution in [0.25, 0.3) is 0 Å². The molecule has 4 nitrogen and oxygen atoms in total. The Labute approximate surface area is 103 Å². The molecule has 1 aromatic carbocycles. The van der Waals surface area contributed by atoms with Crippen molar-refractivity contribution in [2.75, 3.05) is 0 Å². The molecule has 0 heterocycles. The van der Waals surface area contributed by atoms with Gasteiger partial charge in [0.1, 0.15) is 0 Å². The van der Waals surface area contributed by atoms with Crippen molar-refractivity contribution in [3.8, 4) is 0 Å². The Morgan fingerprint density at radius 2 is 1.94 bits per heavy atom. The zero-order chi connectivity index (χ0) is 13.1. The van der Waals surface area contributed by atoms with Crippen LogP contribution in [-0.4, -0.2) is 20.2 Å². The van der Waals surface area contributed by atoms with Crippen LogP contribution in [0.1, 0.15) is 31.9 Å². The summed E-state index contributed by atoms with van der Waals surface area (Å²) in [6.07, 6.45) is 1.35. The van der Waals surface area contributed by atoms with Crippen LogP contribution in [0.4, 0.5) is 0 Å². The van der Waals surface area contributed by atoms with Gasteiger partial charge in [0.2, 0.25) is 0 Å². The average Bonchev–Trinajstić information content (AvgIpc) is 2.11. The Morgan fingerprint density at radius 3 is 2.47 bits per heavy atom. The highest BCUT2D eigenvalue weighted by atomic mass is 32.2. The van der Waals surface area contributed by atoms with Gasteiger partial charge >= 0.3 is 10.2 Å². The third-order valence-corrected chi connectivity index (χ3v) is 3.07. The molecule has 0 aliphatic rings. The Balaban J connectivity index is 2.84. The smallest absolute Gasteiger partial charge is 0.191 e. The van der Waals surface area contributed by atoms with Crippen LogP contribution in [0.15, 0.2) is 28.7 Å². The molecule has 0 aromatic heterocycles. The van der Waals surface area contributed by atoms with E-state index in [1.165, 1.54) is 6.21 Å². The molecule has 0 amide bonds. The second-order valence-corrected chi connectivity index (χ2v) is 6.34. The Kier molecular flexibility index (Phi) is 4.06. The molecule has 0 aliphatic carbocycles. The van der Waals surface area contributed by atoms with E-state index in [4.69, 9.17) is 0 Å². The lowest BCUT2D eigenvalue weighted by atomic mass is 10.1. The minimum atomic E-state index is -3.63. The van der Waals surface area contributed by atoms with E-state index in [0.717, 1.165) is 11.1 Å². The molecule has 1 N–H and O–H groups in total. The molecular weight excluding hydrogens is 236 g/mol. The summed E-state index contributed by atoms with van der Waals surface area (Å²) in [6.45, 7) is 7.26. The predicted molar refractivity (Wildman–Crippen MR) is 70.6 cm³/mol. The van der Waals surface area contributed by atoms with E-state index in [2.05, 4.69) is 9.12 Å². The summed E-state index contributed by atoms with van der Waals surface area (Å²) >= 11 is 0. The fourth-order valence-corrected chi connectivity index (χ4v) is 2.38. The molecule has 0 fully saturated rings. The number of hydrogen-bond acceptors (Lipinski definition) is 2. The van der Waals surface area contributed by atoms with Crippen molar-refractivity contribution in [3.05, 3.63) is 35.4 Å². The van der Waals surface area contributed by atoms with Crippen LogP contribution in [0.2, 0.25) is 0 Å². The van der Waals surface area contributed by atoms with Crippen LogP contribution in [0.3, 0.4) is 0 Å². The van der Waals surface area contributed by atoms with Crippen LogP contribution >= 0.6 is 0 Å². The molecule has 0 unspecified atom stereocenters. The molecule has 1 aromatic rings. The summed E-state index contributed by atoms with van der Waals surface area (Å²) in [6, 6.07) is 7.49. The second kappa shape index (κ2) is 4.98. The SMILES string of the molecule is Cc1cccc(/C=N/S(=O)(=O)NC(C)(C)C)c1. The van der Waals surface area contributed by atoms with E-state index < -0.39 is 15.7 Å². The van der Waals surface area contributed by atoms with Crippen molar-refractivity contribution >= 4 is 16.4 Å². The quantitative estimate of drug-likeness (QED) is 0.839. The fourth-order valence-electron chi connectivity index (χ4n) is 1.29. The molecule has 17 heavy (non-hydrogen) atoms. The number of aryl methyl sites for hydroxylation is 1. The van der Waals surface area contributed by atoms with Crippen molar-refractivity contribution in [1.82, 2.24) is 4.72 Å². The van der Waals surface area contributed by atoms with E-state index in [-0.39, 0.29) is 0 Å². The first-order chi connectivity index (χ1) is 7.68. The molecular formula is C12H18N2O2S. The van der Waals surface area contributed by atoms with Crippen molar-refractivity contribution in [2.45, 2.75) is 33.2 Å². The summed E-state index contributed by atoms with van der Waals surface area (Å²) in [5.41, 5.74) is 1.31. The lowest BCUT2D eigenvalue weighted by Crippen LogP contribution is -2.39. The Hall–Kier alpha value is -1.20. The summed E-state index contributed by atoms with van der Waals surface area (Å²) in [5, 5.41) is 0. The third-order valence-electron chi connectivity index (χ3n) is 1.82. The van der Waals surface area contributed by atoms with Gasteiger partial charge in [0, 0.05) is 11.8 Å². The van der Waals surface area contributed by atoms with E-state index >= 15 is 0 Å². The summed E-state index contributed by atoms with van der Waals surface area (Å²) in [7, 11) is -3.63. The fraction of sp³-hybridized carbons (Fsp3) is 0.417. The highest BCUT2D eigenvalue weighted by molar-refractivity contribution is 7.88. The van der Waals surface area contributed by atoms with E-state index in [9.17, 15) is 8.42 Å². The van der Waals surface area contributed by atoms with Gasteiger partial charge in [-0.05, 0) is 33.3 Å². The second-order valence-electron chi connectivity index (χ2n) is 4.98. The average molecular weight is 254 g/mol. The third kappa shape index (κ3) is 5.60. The van der Waals surface area contributed by atoms with Crippen molar-refractivity contribution in [2.24, 2.45) is 4.40 Å². The van der Waals surface area contributed by atoms with Gasteiger partial charge < -0.3 is 0 Å². The molecule has 0 atom stereocenters. The molecule has 0 spiro atoms. The number of nitrogens with one attached hydrogen (secondary N) is 1. The lowest BCUT2D eigenvalue weighted by molar-refractivity contribution is 0.492. The van der Waals surface area contributed by atoms with Gasteiger partial charge in [0.25, 0.3) is 0 Å². The maximum Gasteiger partial charge on any atom is 0.320 e. The summed E-state index contributed by atoms with van der Waals surface area (Å²) in [4.78, 5) is 0. The Bertz CT molecular complexity index is 514. The topological polar surface area (TPSA) is 58.5 Å². The van der Waals surface area contributed by atoms with Crippen molar-refractivity contribution < 1.29 is 8.42 Å². The normalized spacial score (nSPS) is 13.2. The number of rotatable bonds is 3. The van der Waals surface area contributed by atoms with Crippen LogP contribution in [-0.2, 0) is 10.2 Å². The van der Waals surface area contributed by atoms with E-state index in [0.29, 0.717) is 0 Å². The maximum absolute atomic E-state index is 11.6. The van der Waals surface area contributed by atoms with Gasteiger partial charge in [-0.3, -0.25) is 0 Å². The summed E-state index contributed by atoms with van der Waals surface area (Å²) < 4.78 is 29.2. The van der Waals surface area contributed by atoms with Gasteiger partial charge in [0.05, 0.1) is 0 Å². The lowest BCUT2D eigenvalue weighted by Gasteiger charge is -2.17. The first-order valence-corrected chi connectivity index (χ1v) is 6.78. The van der Waals surface area contributed by atoms with Gasteiger partial charge in [-0.25, -0.2) is 0 Å². The van der Waals surface area contributed by atoms with Crippen LogP contribution in [0, 0.1) is 6.92 Å². The Morgan fingerprint density at radius 1 is 1.29 bits per heavy atom. The summed E-state index contributed by atoms with van der Waals surface area (Å²) in [5.74, 6) is 0. The zero-order valence-electron chi connectivity index (χ0n) is 10.6. The molecule has 5 heteroatoms. The zero-order valence-corrected chi connectivity index (χ0v) is 11.4. The standard InChI is InChI=1S/C12H18N2O2S/c1-10-6-5-7-11(8-10)9-13-17(15,16)14-12(2,3)4/h5-9,14H,1-4H3/b13-9+. The number of hydrogen-bond donors (Lipinski definition) is 1. The van der Waals surface area contributed by atoms with Gasteiger partial charge in [0.15, 0.2) is 0 Å². The van der Waals surface area contributed by atoms with Crippen LogP contribution in [0.5, 0.6) is 0 Å². The van der Waals surface area contributed by atoms with Gasteiger partial charge in [-0.2, -0.15) is 17.5 Å². The number of nitrogens with zero attached hydrogens (tertiary/aromatic N) is 1. The van der Waals surface area contributed by atoms with Crippen molar-refractivity contribution in [1.29, 1.82) is 0 Å². The van der Waals surface area contributed by atoms with Crippen molar-refractivity contribution in [3.63, 3.8) is 0 Å². The van der Waals surface area contributed by atoms with Gasteiger partial charge in [-0.1, -0.05) is 29.8 Å². The highest BCUT2D eigenvalue weighted by Gasteiger charge is 2.17. The molecule has 0 radical (unpaired) electrons. The van der Waals surface area contributed by atoms with E-state index in [1.807, 2.05) is 31.2 Å². The minimum Gasteiger partial charge on any atom is -0.191 e. The highest BCUT2D eigenvalue weighted by Crippen LogP contribution is 2.05. The molecule has 0 bridgehead atoms.